The van der Waals surface area contributed by atoms with Crippen molar-refractivity contribution in [2.24, 2.45) is 0 Å². The minimum absolute atomic E-state index is 0.434. The van der Waals surface area contributed by atoms with Crippen molar-refractivity contribution in [2.45, 2.75) is 6.92 Å². The highest BCUT2D eigenvalue weighted by Crippen LogP contribution is 1.81. The highest BCUT2D eigenvalue weighted by molar-refractivity contribution is 5.81. The molecule has 0 aliphatic rings. The van der Waals surface area contributed by atoms with Gasteiger partial charge in [-0.15, -0.1) is 5.10 Å². The highest BCUT2D eigenvalue weighted by Gasteiger charge is 1.96. The maximum atomic E-state index is 10.7. The van der Waals surface area contributed by atoms with Gasteiger partial charge < -0.3 is 4.84 Å². The van der Waals surface area contributed by atoms with E-state index < -0.39 is 5.97 Å². The van der Waals surface area contributed by atoms with Gasteiger partial charge in [-0.25, -0.2) is 4.79 Å². The van der Waals surface area contributed by atoms with E-state index >= 15 is 0 Å². The third-order valence-electron chi connectivity index (χ3n) is 0.966. The first-order valence-electron chi connectivity index (χ1n) is 3.17. The van der Waals surface area contributed by atoms with E-state index in [-0.39, 0.29) is 0 Å². The molecule has 1 aromatic rings. The Bertz CT molecular complexity index is 251. The van der Waals surface area contributed by atoms with Crippen LogP contribution in [-0.4, -0.2) is 15.9 Å². The molecule has 1 rings (SSSR count). The van der Waals surface area contributed by atoms with Crippen molar-refractivity contribution in [3.05, 3.63) is 30.6 Å². The van der Waals surface area contributed by atoms with Crippen LogP contribution in [0.15, 0.2) is 30.6 Å². The van der Waals surface area contributed by atoms with Gasteiger partial charge in [-0.1, -0.05) is 10.9 Å². The Morgan fingerprint density at radius 3 is 3.09 bits per heavy atom. The lowest BCUT2D eigenvalue weighted by Crippen LogP contribution is -2.17. The van der Waals surface area contributed by atoms with Crippen molar-refractivity contribution < 1.29 is 9.63 Å². The van der Waals surface area contributed by atoms with Gasteiger partial charge in [0.1, 0.15) is 0 Å². The summed E-state index contributed by atoms with van der Waals surface area (Å²) in [6.45, 7) is 1.74. The van der Waals surface area contributed by atoms with Gasteiger partial charge in [-0.2, -0.15) is 0 Å². The van der Waals surface area contributed by atoms with Crippen LogP contribution in [0.25, 0.3) is 0 Å². The molecule has 0 fully saturated rings. The molecule has 0 unspecified atom stereocenters. The molecule has 0 bridgehead atoms. The van der Waals surface area contributed by atoms with Crippen LogP contribution in [0.2, 0.25) is 0 Å². The molecule has 0 N–H and O–H groups in total. The van der Waals surface area contributed by atoms with E-state index in [1.807, 2.05) is 0 Å². The summed E-state index contributed by atoms with van der Waals surface area (Å²) in [4.78, 5) is 16.5. The summed E-state index contributed by atoms with van der Waals surface area (Å²) in [6, 6.07) is 1.67. The molecule has 0 aliphatic carbocycles. The van der Waals surface area contributed by atoms with Gasteiger partial charge >= 0.3 is 5.97 Å². The summed E-state index contributed by atoms with van der Waals surface area (Å²) in [5, 5.41) is 3.68. The Morgan fingerprint density at radius 2 is 2.55 bits per heavy atom. The maximum Gasteiger partial charge on any atom is 0.358 e. The van der Waals surface area contributed by atoms with Crippen LogP contribution in [0.3, 0.4) is 0 Å². The SMILES string of the molecule is C/C=C/C(=O)On1cccn1. The van der Waals surface area contributed by atoms with Crippen LogP contribution in [0.4, 0.5) is 0 Å². The molecule has 0 saturated carbocycles. The highest BCUT2D eigenvalue weighted by atomic mass is 16.7. The average Bonchev–Trinajstić information content (AvgIpc) is 2.40. The summed E-state index contributed by atoms with van der Waals surface area (Å²) >= 11 is 0. The molecule has 11 heavy (non-hydrogen) atoms. The lowest BCUT2D eigenvalue weighted by Gasteiger charge is -1.96. The minimum Gasteiger partial charge on any atom is -0.315 e. The Morgan fingerprint density at radius 1 is 1.73 bits per heavy atom. The predicted molar refractivity (Wildman–Crippen MR) is 38.6 cm³/mol. The molecule has 0 spiro atoms. The van der Waals surface area contributed by atoms with Gasteiger partial charge in [0, 0.05) is 6.08 Å². The zero-order valence-electron chi connectivity index (χ0n) is 6.10. The molecular formula is C7H8N2O2. The van der Waals surface area contributed by atoms with Crippen LogP contribution in [0.1, 0.15) is 6.92 Å². The van der Waals surface area contributed by atoms with Crippen molar-refractivity contribution in [2.75, 3.05) is 0 Å². The minimum atomic E-state index is -0.434. The second-order valence-corrected chi connectivity index (χ2v) is 1.82. The van der Waals surface area contributed by atoms with Gasteiger partial charge in [0.15, 0.2) is 0 Å². The zero-order valence-corrected chi connectivity index (χ0v) is 6.10. The second kappa shape index (κ2) is 3.55. The van der Waals surface area contributed by atoms with Crippen molar-refractivity contribution >= 4 is 5.97 Å². The van der Waals surface area contributed by atoms with Crippen LogP contribution in [0.5, 0.6) is 0 Å². The van der Waals surface area contributed by atoms with E-state index in [1.54, 1.807) is 25.3 Å². The Labute approximate surface area is 64.0 Å². The van der Waals surface area contributed by atoms with Crippen LogP contribution in [-0.2, 0) is 4.79 Å². The van der Waals surface area contributed by atoms with E-state index in [4.69, 9.17) is 0 Å². The van der Waals surface area contributed by atoms with Crippen LogP contribution >= 0.6 is 0 Å². The molecule has 1 aromatic heterocycles. The standard InChI is InChI=1S/C7H8N2O2/c1-2-4-7(10)11-9-6-3-5-8-9/h2-6H,1H3/b4-2+. The number of allylic oxidation sites excluding steroid dienone is 1. The lowest BCUT2D eigenvalue weighted by molar-refractivity contribution is -0.139. The molecule has 1 heterocycles. The van der Waals surface area contributed by atoms with Crippen molar-refractivity contribution in [3.8, 4) is 0 Å². The first kappa shape index (κ1) is 7.53. The Hall–Kier alpha value is -1.58. The molecule has 4 heteroatoms. The van der Waals surface area contributed by atoms with Gasteiger partial charge in [0.05, 0.1) is 12.4 Å². The average molecular weight is 152 g/mol. The van der Waals surface area contributed by atoms with E-state index in [2.05, 4.69) is 9.94 Å². The van der Waals surface area contributed by atoms with Gasteiger partial charge in [-0.3, -0.25) is 0 Å². The smallest absolute Gasteiger partial charge is 0.315 e. The van der Waals surface area contributed by atoms with E-state index in [0.29, 0.717) is 0 Å². The third-order valence-corrected chi connectivity index (χ3v) is 0.966. The van der Waals surface area contributed by atoms with Crippen molar-refractivity contribution in [1.82, 2.24) is 9.94 Å². The van der Waals surface area contributed by atoms with Crippen LogP contribution in [0, 0.1) is 0 Å². The second-order valence-electron chi connectivity index (χ2n) is 1.82. The topological polar surface area (TPSA) is 44.1 Å². The number of carbonyl (C=O) groups is 1. The Balaban J connectivity index is 2.50. The summed E-state index contributed by atoms with van der Waals surface area (Å²) < 4.78 is 0. The Kier molecular flexibility index (Phi) is 2.43. The molecule has 58 valence electrons. The molecule has 0 atom stereocenters. The predicted octanol–water partition coefficient (Wildman–Crippen LogP) is 0.414. The number of hydrogen-bond donors (Lipinski definition) is 0. The normalized spacial score (nSPS) is 10.3. The molecule has 0 radical (unpaired) electrons. The fraction of sp³-hybridized carbons (Fsp3) is 0.143. The lowest BCUT2D eigenvalue weighted by atomic mass is 10.5. The number of hydrogen-bond acceptors (Lipinski definition) is 3. The fourth-order valence-electron chi connectivity index (χ4n) is 0.567. The summed E-state index contributed by atoms with van der Waals surface area (Å²) in [5.41, 5.74) is 0. The van der Waals surface area contributed by atoms with Gasteiger partial charge in [-0.05, 0) is 13.0 Å². The summed E-state index contributed by atoms with van der Waals surface area (Å²) in [7, 11) is 0. The molecular weight excluding hydrogens is 144 g/mol. The monoisotopic (exact) mass is 152 g/mol. The third kappa shape index (κ3) is 2.25. The fourth-order valence-corrected chi connectivity index (χ4v) is 0.567. The number of aromatic nitrogens is 2. The maximum absolute atomic E-state index is 10.7. The quantitative estimate of drug-likeness (QED) is 0.576. The summed E-state index contributed by atoms with van der Waals surface area (Å²) in [5.74, 6) is -0.434. The van der Waals surface area contributed by atoms with Gasteiger partial charge in [0.25, 0.3) is 0 Å². The van der Waals surface area contributed by atoms with Gasteiger partial charge in [0.2, 0.25) is 0 Å². The number of carbonyl (C=O) groups excluding carboxylic acids is 1. The molecule has 4 nitrogen and oxygen atoms in total. The molecule has 0 saturated heterocycles. The van der Waals surface area contributed by atoms with E-state index in [9.17, 15) is 4.79 Å². The van der Waals surface area contributed by atoms with Crippen LogP contribution < -0.4 is 4.84 Å². The number of nitrogens with zero attached hydrogens (tertiary/aromatic N) is 2. The summed E-state index contributed by atoms with van der Waals surface area (Å²) in [6.07, 6.45) is 6.00. The molecule has 0 aliphatic heterocycles. The van der Waals surface area contributed by atoms with Crippen molar-refractivity contribution in [1.29, 1.82) is 0 Å². The zero-order chi connectivity index (χ0) is 8.10. The van der Waals surface area contributed by atoms with E-state index in [0.717, 1.165) is 4.85 Å². The molecule has 0 aromatic carbocycles. The number of rotatable bonds is 2. The molecule has 0 amide bonds. The first-order valence-corrected chi connectivity index (χ1v) is 3.17. The first-order chi connectivity index (χ1) is 5.33. The largest absolute Gasteiger partial charge is 0.358 e. The van der Waals surface area contributed by atoms with Crippen molar-refractivity contribution in [3.63, 3.8) is 0 Å². The van der Waals surface area contributed by atoms with E-state index in [1.165, 1.54) is 12.3 Å².